The van der Waals surface area contributed by atoms with Crippen LogP contribution in [-0.4, -0.2) is 56.5 Å². The molecule has 3 aromatic heterocycles. The van der Waals surface area contributed by atoms with Crippen LogP contribution in [0.15, 0.2) is 34.9 Å². The average Bonchev–Trinajstić information content (AvgIpc) is 3.35. The third-order valence-electron chi connectivity index (χ3n) is 5.32. The maximum atomic E-state index is 13.7. The lowest BCUT2D eigenvalue weighted by molar-refractivity contribution is -0.142. The molecule has 0 aliphatic carbocycles. The Kier molecular flexibility index (Phi) is 5.28. The number of amides is 1. The number of halogens is 3. The van der Waals surface area contributed by atoms with Crippen molar-refractivity contribution in [2.24, 2.45) is 0 Å². The van der Waals surface area contributed by atoms with E-state index in [1.165, 1.54) is 6.07 Å². The Balaban J connectivity index is 1.56. The van der Waals surface area contributed by atoms with Crippen molar-refractivity contribution in [2.75, 3.05) is 26.2 Å². The summed E-state index contributed by atoms with van der Waals surface area (Å²) in [6.07, 6.45) is -3.00. The quantitative estimate of drug-likeness (QED) is 0.629. The molecule has 1 saturated heterocycles. The maximum absolute atomic E-state index is 13.7. The van der Waals surface area contributed by atoms with E-state index in [0.29, 0.717) is 32.7 Å². The van der Waals surface area contributed by atoms with E-state index in [2.05, 4.69) is 15.0 Å². The molecule has 166 valence electrons. The number of alkyl halides is 3. The van der Waals surface area contributed by atoms with E-state index < -0.39 is 23.2 Å². The highest BCUT2D eigenvalue weighted by atomic mass is 19.4. The summed E-state index contributed by atoms with van der Waals surface area (Å²) in [5.74, 6) is 0.453. The Hall–Kier alpha value is -2.88. The van der Waals surface area contributed by atoms with Crippen LogP contribution in [0.3, 0.4) is 0 Å². The van der Waals surface area contributed by atoms with Crippen molar-refractivity contribution in [3.05, 3.63) is 53.4 Å². The van der Waals surface area contributed by atoms with E-state index in [1.807, 2.05) is 12.1 Å². The van der Waals surface area contributed by atoms with Gasteiger partial charge >= 0.3 is 6.18 Å². The van der Waals surface area contributed by atoms with Crippen LogP contribution in [0.5, 0.6) is 0 Å². The van der Waals surface area contributed by atoms with Crippen molar-refractivity contribution in [3.8, 4) is 0 Å². The van der Waals surface area contributed by atoms with E-state index in [-0.39, 0.29) is 17.0 Å². The van der Waals surface area contributed by atoms with Crippen molar-refractivity contribution in [3.63, 3.8) is 0 Å². The molecule has 0 spiro atoms. The van der Waals surface area contributed by atoms with E-state index in [1.54, 1.807) is 31.9 Å². The van der Waals surface area contributed by atoms with Crippen molar-refractivity contribution in [1.82, 2.24) is 24.4 Å². The molecule has 1 aliphatic heterocycles. The largest absolute Gasteiger partial charge is 0.468 e. The summed E-state index contributed by atoms with van der Waals surface area (Å²) < 4.78 is 47.0. The maximum Gasteiger partial charge on any atom is 0.433 e. The standard InChI is InChI=1S/C21H24F3N5O2/c1-20(2,3)16-12-17(21(22,23)24)29-18(25-16)11-15(26-29)19(30)28-8-6-27(7-9-28)13-14-5-4-10-31-14/h4-5,10-12H,6-9,13H2,1-3H3. The molecular weight excluding hydrogens is 411 g/mol. The van der Waals surface area contributed by atoms with Crippen molar-refractivity contribution < 1.29 is 22.4 Å². The Morgan fingerprint density at radius 2 is 1.84 bits per heavy atom. The van der Waals surface area contributed by atoms with Gasteiger partial charge in [-0.25, -0.2) is 9.50 Å². The van der Waals surface area contributed by atoms with Gasteiger partial charge in [-0.2, -0.15) is 18.3 Å². The van der Waals surface area contributed by atoms with Gasteiger partial charge in [-0.1, -0.05) is 20.8 Å². The number of carbonyl (C=O) groups is 1. The summed E-state index contributed by atoms with van der Waals surface area (Å²) in [6.45, 7) is 8.21. The van der Waals surface area contributed by atoms with Gasteiger partial charge in [0.1, 0.15) is 11.5 Å². The Bertz CT molecular complexity index is 1080. The van der Waals surface area contributed by atoms with Crippen LogP contribution >= 0.6 is 0 Å². The first-order valence-electron chi connectivity index (χ1n) is 10.0. The molecule has 0 unspecified atom stereocenters. The molecule has 7 nitrogen and oxygen atoms in total. The van der Waals surface area contributed by atoms with Crippen LogP contribution < -0.4 is 0 Å². The first-order valence-corrected chi connectivity index (χ1v) is 10.0. The number of hydrogen-bond donors (Lipinski definition) is 0. The molecule has 4 rings (SSSR count). The molecular formula is C21H24F3N5O2. The van der Waals surface area contributed by atoms with Crippen LogP contribution in [0, 0.1) is 0 Å². The second-order valence-corrected chi connectivity index (χ2v) is 8.72. The molecule has 0 aromatic carbocycles. The minimum Gasteiger partial charge on any atom is -0.468 e. The summed E-state index contributed by atoms with van der Waals surface area (Å²) in [7, 11) is 0. The molecule has 0 radical (unpaired) electrons. The molecule has 0 bridgehead atoms. The lowest BCUT2D eigenvalue weighted by Gasteiger charge is -2.33. The molecule has 0 saturated carbocycles. The van der Waals surface area contributed by atoms with Gasteiger partial charge in [-0.3, -0.25) is 9.69 Å². The van der Waals surface area contributed by atoms with Gasteiger partial charge in [0.15, 0.2) is 11.3 Å². The van der Waals surface area contributed by atoms with Gasteiger partial charge in [0, 0.05) is 37.7 Å². The van der Waals surface area contributed by atoms with Crippen molar-refractivity contribution in [1.29, 1.82) is 0 Å². The zero-order chi connectivity index (χ0) is 22.4. The minimum absolute atomic E-state index is 0.0135. The number of hydrogen-bond acceptors (Lipinski definition) is 5. The lowest BCUT2D eigenvalue weighted by atomic mass is 9.91. The molecule has 1 amide bonds. The summed E-state index contributed by atoms with van der Waals surface area (Å²) in [5, 5.41) is 3.97. The third-order valence-corrected chi connectivity index (χ3v) is 5.32. The van der Waals surface area contributed by atoms with Crippen LogP contribution in [-0.2, 0) is 18.1 Å². The number of carbonyl (C=O) groups excluding carboxylic acids is 1. The lowest BCUT2D eigenvalue weighted by Crippen LogP contribution is -2.48. The van der Waals surface area contributed by atoms with Gasteiger partial charge in [0.25, 0.3) is 5.91 Å². The van der Waals surface area contributed by atoms with Gasteiger partial charge in [-0.05, 0) is 18.2 Å². The second kappa shape index (κ2) is 7.67. The fourth-order valence-corrected chi connectivity index (χ4v) is 3.56. The Morgan fingerprint density at radius 1 is 1.13 bits per heavy atom. The number of nitrogens with zero attached hydrogens (tertiary/aromatic N) is 5. The van der Waals surface area contributed by atoms with Gasteiger partial charge < -0.3 is 9.32 Å². The SMILES string of the molecule is CC(C)(C)c1cc(C(F)(F)F)n2nc(C(=O)N3CCN(Cc4ccco4)CC3)cc2n1. The first kappa shape index (κ1) is 21.4. The summed E-state index contributed by atoms with van der Waals surface area (Å²) in [4.78, 5) is 21.0. The van der Waals surface area contributed by atoms with E-state index >= 15 is 0 Å². The van der Waals surface area contributed by atoms with Crippen molar-refractivity contribution in [2.45, 2.75) is 38.9 Å². The third kappa shape index (κ3) is 4.43. The number of furan rings is 1. The summed E-state index contributed by atoms with van der Waals surface area (Å²) in [5.41, 5.74) is -1.26. The Morgan fingerprint density at radius 3 is 2.42 bits per heavy atom. The molecule has 3 aromatic rings. The number of aromatic nitrogens is 3. The van der Waals surface area contributed by atoms with E-state index in [4.69, 9.17) is 4.42 Å². The molecule has 4 heterocycles. The van der Waals surface area contributed by atoms with Crippen LogP contribution in [0.25, 0.3) is 5.65 Å². The normalized spacial score (nSPS) is 16.3. The van der Waals surface area contributed by atoms with Gasteiger partial charge in [0.05, 0.1) is 18.5 Å². The van der Waals surface area contributed by atoms with E-state index in [9.17, 15) is 18.0 Å². The fourth-order valence-electron chi connectivity index (χ4n) is 3.56. The summed E-state index contributed by atoms with van der Waals surface area (Å²) >= 11 is 0. The molecule has 10 heteroatoms. The predicted molar refractivity (Wildman–Crippen MR) is 107 cm³/mol. The van der Waals surface area contributed by atoms with Crippen LogP contribution in [0.1, 0.15) is 48.4 Å². The molecule has 1 fully saturated rings. The second-order valence-electron chi connectivity index (χ2n) is 8.72. The minimum atomic E-state index is -4.62. The first-order chi connectivity index (χ1) is 14.5. The smallest absolute Gasteiger partial charge is 0.433 e. The summed E-state index contributed by atoms with van der Waals surface area (Å²) in [6, 6.07) is 6.06. The zero-order valence-corrected chi connectivity index (χ0v) is 17.6. The highest BCUT2D eigenvalue weighted by Gasteiger charge is 2.37. The Labute approximate surface area is 177 Å². The molecule has 31 heavy (non-hydrogen) atoms. The molecule has 0 N–H and O–H groups in total. The number of piperazine rings is 1. The van der Waals surface area contributed by atoms with Crippen LogP contribution in [0.4, 0.5) is 13.2 Å². The van der Waals surface area contributed by atoms with Gasteiger partial charge in [0.2, 0.25) is 0 Å². The highest BCUT2D eigenvalue weighted by Crippen LogP contribution is 2.32. The number of fused-ring (bicyclic) bond motifs is 1. The van der Waals surface area contributed by atoms with Gasteiger partial charge in [-0.15, -0.1) is 0 Å². The fraction of sp³-hybridized carbons (Fsp3) is 0.476. The van der Waals surface area contributed by atoms with Crippen LogP contribution in [0.2, 0.25) is 0 Å². The zero-order valence-electron chi connectivity index (χ0n) is 17.6. The molecule has 0 atom stereocenters. The number of rotatable bonds is 3. The average molecular weight is 435 g/mol. The topological polar surface area (TPSA) is 66.9 Å². The highest BCUT2D eigenvalue weighted by molar-refractivity contribution is 5.93. The monoisotopic (exact) mass is 435 g/mol. The van der Waals surface area contributed by atoms with E-state index in [0.717, 1.165) is 16.3 Å². The predicted octanol–water partition coefficient (Wildman–Crippen LogP) is 3.60. The molecule has 1 aliphatic rings. The van der Waals surface area contributed by atoms with Crippen molar-refractivity contribution >= 4 is 11.6 Å².